The first-order valence-electron chi connectivity index (χ1n) is 8.03. The third-order valence-electron chi connectivity index (χ3n) is 4.87. The molecule has 110 valence electrons. The molecule has 2 aromatic carbocycles. The van der Waals surface area contributed by atoms with Crippen molar-refractivity contribution in [3.8, 4) is 11.1 Å². The fraction of sp³-hybridized carbons (Fsp3) is 0.400. The highest BCUT2D eigenvalue weighted by Crippen LogP contribution is 2.37. The Bertz CT molecular complexity index is 569. The van der Waals surface area contributed by atoms with E-state index in [2.05, 4.69) is 73.8 Å². The van der Waals surface area contributed by atoms with Crippen molar-refractivity contribution in [2.24, 2.45) is 5.41 Å². The third kappa shape index (κ3) is 3.36. The van der Waals surface area contributed by atoms with Crippen molar-refractivity contribution in [2.75, 3.05) is 0 Å². The summed E-state index contributed by atoms with van der Waals surface area (Å²) in [5.74, 6) is 0. The van der Waals surface area contributed by atoms with Gasteiger partial charge < -0.3 is 5.32 Å². The summed E-state index contributed by atoms with van der Waals surface area (Å²) >= 11 is 0. The van der Waals surface area contributed by atoms with Crippen LogP contribution in [0.3, 0.4) is 0 Å². The lowest BCUT2D eigenvalue weighted by Gasteiger charge is -2.28. The predicted octanol–water partition coefficient (Wildman–Crippen LogP) is 5.02. The maximum absolute atomic E-state index is 3.75. The van der Waals surface area contributed by atoms with E-state index >= 15 is 0 Å². The van der Waals surface area contributed by atoms with Crippen molar-refractivity contribution >= 4 is 0 Å². The van der Waals surface area contributed by atoms with Crippen molar-refractivity contribution < 1.29 is 0 Å². The minimum Gasteiger partial charge on any atom is -0.309 e. The number of hydrogen-bond donors (Lipinski definition) is 1. The molecule has 0 aromatic heterocycles. The summed E-state index contributed by atoms with van der Waals surface area (Å²) < 4.78 is 0. The maximum Gasteiger partial charge on any atom is 0.0208 e. The topological polar surface area (TPSA) is 12.0 Å². The average Bonchev–Trinajstić information content (AvgIpc) is 2.85. The summed E-state index contributed by atoms with van der Waals surface area (Å²) in [6.07, 6.45) is 4.02. The summed E-state index contributed by atoms with van der Waals surface area (Å²) in [7, 11) is 0. The maximum atomic E-state index is 3.75. The minimum absolute atomic E-state index is 0.448. The van der Waals surface area contributed by atoms with E-state index in [4.69, 9.17) is 0 Å². The van der Waals surface area contributed by atoms with Crippen LogP contribution in [0.5, 0.6) is 0 Å². The van der Waals surface area contributed by atoms with Crippen molar-refractivity contribution in [3.63, 3.8) is 0 Å². The van der Waals surface area contributed by atoms with Gasteiger partial charge in [-0.1, -0.05) is 74.9 Å². The van der Waals surface area contributed by atoms with Crippen LogP contribution in [0.15, 0.2) is 54.6 Å². The molecule has 1 unspecified atom stereocenters. The number of rotatable bonds is 4. The minimum atomic E-state index is 0.448. The van der Waals surface area contributed by atoms with E-state index in [1.807, 2.05) is 0 Å². The van der Waals surface area contributed by atoms with E-state index in [-0.39, 0.29) is 0 Å². The fourth-order valence-electron chi connectivity index (χ4n) is 3.39. The Morgan fingerprint density at radius 2 is 1.62 bits per heavy atom. The van der Waals surface area contributed by atoms with Crippen LogP contribution in [0, 0.1) is 5.41 Å². The van der Waals surface area contributed by atoms with Gasteiger partial charge in [-0.15, -0.1) is 0 Å². The second-order valence-electron chi connectivity index (χ2n) is 6.88. The molecule has 1 aliphatic rings. The van der Waals surface area contributed by atoms with E-state index in [0.29, 0.717) is 11.5 Å². The standard InChI is InChI=1S/C20H25N/c1-20(2)14-6-9-19(20)21-15-16-10-12-18(13-11-16)17-7-4-3-5-8-17/h3-5,7-8,10-13,19,21H,6,9,14-15H2,1-2H3. The normalized spacial score (nSPS) is 20.6. The molecule has 0 spiro atoms. The monoisotopic (exact) mass is 279 g/mol. The van der Waals surface area contributed by atoms with Gasteiger partial charge in [0.25, 0.3) is 0 Å². The molecule has 1 atom stereocenters. The first kappa shape index (κ1) is 14.3. The quantitative estimate of drug-likeness (QED) is 0.828. The van der Waals surface area contributed by atoms with E-state index in [0.717, 1.165) is 6.54 Å². The van der Waals surface area contributed by atoms with Crippen LogP contribution in [0.4, 0.5) is 0 Å². The zero-order chi connectivity index (χ0) is 14.7. The lowest BCUT2D eigenvalue weighted by atomic mass is 9.87. The molecule has 0 bridgehead atoms. The molecule has 1 aliphatic carbocycles. The van der Waals surface area contributed by atoms with Crippen LogP contribution in [0.25, 0.3) is 11.1 Å². The zero-order valence-corrected chi connectivity index (χ0v) is 13.1. The fourth-order valence-corrected chi connectivity index (χ4v) is 3.39. The van der Waals surface area contributed by atoms with E-state index in [1.165, 1.54) is 36.0 Å². The summed E-state index contributed by atoms with van der Waals surface area (Å²) in [5, 5.41) is 3.75. The van der Waals surface area contributed by atoms with Crippen LogP contribution >= 0.6 is 0 Å². The van der Waals surface area contributed by atoms with E-state index in [1.54, 1.807) is 0 Å². The highest BCUT2D eigenvalue weighted by molar-refractivity contribution is 5.63. The lowest BCUT2D eigenvalue weighted by Crippen LogP contribution is -2.37. The van der Waals surface area contributed by atoms with Gasteiger partial charge >= 0.3 is 0 Å². The molecule has 1 saturated carbocycles. The Morgan fingerprint density at radius 1 is 0.952 bits per heavy atom. The van der Waals surface area contributed by atoms with Crippen LogP contribution < -0.4 is 5.32 Å². The smallest absolute Gasteiger partial charge is 0.0208 e. The molecule has 0 heterocycles. The third-order valence-corrected chi connectivity index (χ3v) is 4.87. The Hall–Kier alpha value is -1.60. The summed E-state index contributed by atoms with van der Waals surface area (Å²) in [6.45, 7) is 5.75. The summed E-state index contributed by atoms with van der Waals surface area (Å²) in [6, 6.07) is 20.2. The van der Waals surface area contributed by atoms with Crippen molar-refractivity contribution in [1.29, 1.82) is 0 Å². The first-order chi connectivity index (χ1) is 10.1. The highest BCUT2D eigenvalue weighted by Gasteiger charge is 2.33. The Labute approximate surface area is 128 Å². The van der Waals surface area contributed by atoms with Crippen LogP contribution in [0.2, 0.25) is 0 Å². The van der Waals surface area contributed by atoms with Gasteiger partial charge in [-0.2, -0.15) is 0 Å². The predicted molar refractivity (Wildman–Crippen MR) is 90.1 cm³/mol. The van der Waals surface area contributed by atoms with Crippen molar-refractivity contribution in [3.05, 3.63) is 60.2 Å². The summed E-state index contributed by atoms with van der Waals surface area (Å²) in [5.41, 5.74) is 4.40. The van der Waals surface area contributed by atoms with E-state index < -0.39 is 0 Å². The van der Waals surface area contributed by atoms with E-state index in [9.17, 15) is 0 Å². The highest BCUT2D eigenvalue weighted by atomic mass is 14.9. The van der Waals surface area contributed by atoms with Gasteiger partial charge in [0, 0.05) is 12.6 Å². The molecule has 0 aliphatic heterocycles. The summed E-state index contributed by atoms with van der Waals surface area (Å²) in [4.78, 5) is 0. The van der Waals surface area contributed by atoms with Gasteiger partial charge in [-0.25, -0.2) is 0 Å². The number of benzene rings is 2. The van der Waals surface area contributed by atoms with Crippen molar-refractivity contribution in [2.45, 2.75) is 45.7 Å². The lowest BCUT2D eigenvalue weighted by molar-refractivity contribution is 0.282. The molecule has 1 fully saturated rings. The molecule has 1 nitrogen and oxygen atoms in total. The Kier molecular flexibility index (Phi) is 4.12. The van der Waals surface area contributed by atoms with Crippen molar-refractivity contribution in [1.82, 2.24) is 5.32 Å². The van der Waals surface area contributed by atoms with Gasteiger partial charge in [0.15, 0.2) is 0 Å². The molecule has 21 heavy (non-hydrogen) atoms. The number of hydrogen-bond acceptors (Lipinski definition) is 1. The SMILES string of the molecule is CC1(C)CCCC1NCc1ccc(-c2ccccc2)cc1. The largest absolute Gasteiger partial charge is 0.309 e. The van der Waals surface area contributed by atoms with Gasteiger partial charge in [-0.05, 0) is 34.9 Å². The first-order valence-corrected chi connectivity index (χ1v) is 8.03. The van der Waals surface area contributed by atoms with Crippen LogP contribution in [0.1, 0.15) is 38.7 Å². The molecule has 0 amide bonds. The molecule has 1 heteroatoms. The van der Waals surface area contributed by atoms with Gasteiger partial charge in [0.1, 0.15) is 0 Å². The molecule has 0 saturated heterocycles. The average molecular weight is 279 g/mol. The number of nitrogens with one attached hydrogen (secondary N) is 1. The second kappa shape index (κ2) is 6.03. The zero-order valence-electron chi connectivity index (χ0n) is 13.1. The molecule has 3 rings (SSSR count). The second-order valence-corrected chi connectivity index (χ2v) is 6.88. The molecule has 2 aromatic rings. The van der Waals surface area contributed by atoms with Gasteiger partial charge in [-0.3, -0.25) is 0 Å². The van der Waals surface area contributed by atoms with Crippen LogP contribution in [-0.2, 0) is 6.54 Å². The van der Waals surface area contributed by atoms with Crippen LogP contribution in [-0.4, -0.2) is 6.04 Å². The molecular formula is C20H25N. The Morgan fingerprint density at radius 3 is 2.24 bits per heavy atom. The molecule has 0 radical (unpaired) electrons. The Balaban J connectivity index is 1.63. The van der Waals surface area contributed by atoms with Gasteiger partial charge in [0.2, 0.25) is 0 Å². The molecular weight excluding hydrogens is 254 g/mol. The molecule has 1 N–H and O–H groups in total. The van der Waals surface area contributed by atoms with Gasteiger partial charge in [0.05, 0.1) is 0 Å².